The average Bonchev–Trinajstić information content (AvgIpc) is 2.46. The van der Waals surface area contributed by atoms with Crippen LogP contribution in [0, 0.1) is 0 Å². The highest BCUT2D eigenvalue weighted by Crippen LogP contribution is 2.36. The molecule has 19 heavy (non-hydrogen) atoms. The molecule has 0 atom stereocenters. The van der Waals surface area contributed by atoms with Gasteiger partial charge in [-0.15, -0.1) is 0 Å². The highest BCUT2D eigenvalue weighted by Gasteiger charge is 2.16. The van der Waals surface area contributed by atoms with Crippen LogP contribution in [0.3, 0.4) is 0 Å². The third-order valence-corrected chi connectivity index (χ3v) is 3.53. The van der Waals surface area contributed by atoms with E-state index in [9.17, 15) is 0 Å². The van der Waals surface area contributed by atoms with E-state index in [4.69, 9.17) is 10.5 Å². The zero-order valence-electron chi connectivity index (χ0n) is 11.2. The molecule has 2 heterocycles. The fraction of sp³-hybridized carbons (Fsp3) is 0.400. The molecule has 3 N–H and O–H groups in total. The Hall–Kier alpha value is -1.81. The summed E-state index contributed by atoms with van der Waals surface area (Å²) < 4.78 is 5.79. The molecule has 1 aromatic carbocycles. The summed E-state index contributed by atoms with van der Waals surface area (Å²) in [5.74, 6) is 0.888. The van der Waals surface area contributed by atoms with Crippen molar-refractivity contribution in [3.63, 3.8) is 0 Å². The molecule has 0 amide bonds. The number of hydrogen-bond donors (Lipinski definition) is 2. The van der Waals surface area contributed by atoms with Crippen molar-refractivity contribution in [3.05, 3.63) is 29.5 Å². The first-order valence-corrected chi connectivity index (χ1v) is 6.84. The molecule has 1 aromatic heterocycles. The molecule has 0 bridgehead atoms. The van der Waals surface area contributed by atoms with E-state index in [0.29, 0.717) is 13.2 Å². The lowest BCUT2D eigenvalue weighted by molar-refractivity contribution is 0.344. The van der Waals surface area contributed by atoms with E-state index in [0.717, 1.165) is 41.6 Å². The number of nitrogens with two attached hydrogens (primary N) is 1. The first kappa shape index (κ1) is 12.2. The molecule has 0 radical (unpaired) electrons. The van der Waals surface area contributed by atoms with Crippen molar-refractivity contribution in [1.82, 2.24) is 4.98 Å². The molecule has 1 aliphatic rings. The van der Waals surface area contributed by atoms with Crippen LogP contribution in [0.25, 0.3) is 10.9 Å². The van der Waals surface area contributed by atoms with Gasteiger partial charge in [0.05, 0.1) is 23.2 Å². The Balaban J connectivity index is 2.27. The Labute approximate surface area is 113 Å². The van der Waals surface area contributed by atoms with E-state index in [1.807, 2.05) is 19.2 Å². The molecule has 0 saturated heterocycles. The summed E-state index contributed by atoms with van der Waals surface area (Å²) in [7, 11) is 0. The zero-order chi connectivity index (χ0) is 13.2. The van der Waals surface area contributed by atoms with Crippen LogP contribution in [0.5, 0.6) is 5.75 Å². The van der Waals surface area contributed by atoms with Gasteiger partial charge in [-0.2, -0.15) is 0 Å². The van der Waals surface area contributed by atoms with Crippen LogP contribution >= 0.6 is 0 Å². The minimum absolute atomic E-state index is 0.502. The Bertz CT molecular complexity index is 610. The van der Waals surface area contributed by atoms with Crippen molar-refractivity contribution in [2.45, 2.75) is 26.3 Å². The second kappa shape index (κ2) is 5.05. The van der Waals surface area contributed by atoms with Crippen molar-refractivity contribution >= 4 is 16.6 Å². The molecule has 0 saturated carbocycles. The van der Waals surface area contributed by atoms with Crippen LogP contribution in [-0.2, 0) is 13.0 Å². The van der Waals surface area contributed by atoms with Crippen molar-refractivity contribution in [2.24, 2.45) is 5.73 Å². The van der Waals surface area contributed by atoms with Crippen LogP contribution in [0.15, 0.2) is 18.3 Å². The van der Waals surface area contributed by atoms with Gasteiger partial charge in [0, 0.05) is 19.3 Å². The van der Waals surface area contributed by atoms with Crippen molar-refractivity contribution < 1.29 is 4.74 Å². The maximum absolute atomic E-state index is 5.79. The normalized spacial score (nSPS) is 14.0. The molecule has 0 unspecified atom stereocenters. The van der Waals surface area contributed by atoms with Gasteiger partial charge in [-0.3, -0.25) is 4.98 Å². The minimum atomic E-state index is 0.502. The van der Waals surface area contributed by atoms with Gasteiger partial charge in [-0.25, -0.2) is 0 Å². The zero-order valence-corrected chi connectivity index (χ0v) is 11.2. The van der Waals surface area contributed by atoms with E-state index in [1.54, 1.807) is 0 Å². The summed E-state index contributed by atoms with van der Waals surface area (Å²) in [5, 5.41) is 4.58. The lowest BCUT2D eigenvalue weighted by atomic mass is 10.00. The van der Waals surface area contributed by atoms with Gasteiger partial charge in [-0.05, 0) is 43.0 Å². The summed E-state index contributed by atoms with van der Waals surface area (Å²) in [6.45, 7) is 4.16. The van der Waals surface area contributed by atoms with Crippen molar-refractivity contribution in [2.75, 3.05) is 18.5 Å². The predicted octanol–water partition coefficient (Wildman–Crippen LogP) is 2.45. The number of benzene rings is 1. The number of anilines is 1. The van der Waals surface area contributed by atoms with E-state index in [1.165, 1.54) is 11.3 Å². The van der Waals surface area contributed by atoms with Gasteiger partial charge in [-0.1, -0.05) is 0 Å². The average molecular weight is 257 g/mol. The standard InChI is InChI=1S/C15H19N3O/c1-2-19-13-7-10(8-16)6-12-14(13)15-11(9-18-12)4-3-5-17-15/h6-7,9,17H,2-5,8,16H2,1H3. The summed E-state index contributed by atoms with van der Waals surface area (Å²) >= 11 is 0. The lowest BCUT2D eigenvalue weighted by Gasteiger charge is -2.21. The molecule has 4 heteroatoms. The largest absolute Gasteiger partial charge is 0.493 e. The Kier molecular flexibility index (Phi) is 3.25. The summed E-state index contributed by atoms with van der Waals surface area (Å²) in [5.41, 5.74) is 10.2. The minimum Gasteiger partial charge on any atom is -0.493 e. The second-order valence-corrected chi connectivity index (χ2v) is 4.81. The number of aromatic nitrogens is 1. The third kappa shape index (κ3) is 2.12. The highest BCUT2D eigenvalue weighted by atomic mass is 16.5. The molecule has 3 rings (SSSR count). The van der Waals surface area contributed by atoms with Crippen molar-refractivity contribution in [3.8, 4) is 5.75 Å². The van der Waals surface area contributed by atoms with Crippen LogP contribution in [0.2, 0.25) is 0 Å². The van der Waals surface area contributed by atoms with Crippen LogP contribution in [0.4, 0.5) is 5.69 Å². The van der Waals surface area contributed by atoms with E-state index >= 15 is 0 Å². The molecular formula is C15H19N3O. The predicted molar refractivity (Wildman–Crippen MR) is 77.6 cm³/mol. The van der Waals surface area contributed by atoms with E-state index in [-0.39, 0.29) is 0 Å². The molecule has 1 aliphatic heterocycles. The maximum Gasteiger partial charge on any atom is 0.131 e. The highest BCUT2D eigenvalue weighted by molar-refractivity contribution is 5.98. The summed E-state index contributed by atoms with van der Waals surface area (Å²) in [6.07, 6.45) is 4.21. The summed E-state index contributed by atoms with van der Waals surface area (Å²) in [6, 6.07) is 4.08. The first-order valence-electron chi connectivity index (χ1n) is 6.84. The number of fused-ring (bicyclic) bond motifs is 3. The van der Waals surface area contributed by atoms with E-state index < -0.39 is 0 Å². The Morgan fingerprint density at radius 1 is 1.42 bits per heavy atom. The smallest absolute Gasteiger partial charge is 0.131 e. The van der Waals surface area contributed by atoms with Gasteiger partial charge >= 0.3 is 0 Å². The fourth-order valence-electron chi connectivity index (χ4n) is 2.65. The number of nitrogens with zero attached hydrogens (tertiary/aromatic N) is 1. The second-order valence-electron chi connectivity index (χ2n) is 4.81. The Morgan fingerprint density at radius 3 is 3.11 bits per heavy atom. The van der Waals surface area contributed by atoms with Crippen LogP contribution < -0.4 is 15.8 Å². The molecule has 0 spiro atoms. The van der Waals surface area contributed by atoms with Gasteiger partial charge in [0.2, 0.25) is 0 Å². The molecule has 0 fully saturated rings. The van der Waals surface area contributed by atoms with Gasteiger partial charge in [0.1, 0.15) is 5.75 Å². The number of pyridine rings is 1. The molecule has 2 aromatic rings. The maximum atomic E-state index is 5.79. The van der Waals surface area contributed by atoms with Gasteiger partial charge in [0.15, 0.2) is 0 Å². The first-order chi connectivity index (χ1) is 9.33. The quantitative estimate of drug-likeness (QED) is 0.886. The number of aryl methyl sites for hydroxylation is 1. The SMILES string of the molecule is CCOc1cc(CN)cc2ncc3c(c12)NCCC3. The lowest BCUT2D eigenvalue weighted by Crippen LogP contribution is -2.13. The van der Waals surface area contributed by atoms with Gasteiger partial charge in [0.25, 0.3) is 0 Å². The molecule has 100 valence electrons. The van der Waals surface area contributed by atoms with Crippen molar-refractivity contribution in [1.29, 1.82) is 0 Å². The number of nitrogens with one attached hydrogen (secondary N) is 1. The van der Waals surface area contributed by atoms with Crippen LogP contribution in [-0.4, -0.2) is 18.1 Å². The Morgan fingerprint density at radius 2 is 2.32 bits per heavy atom. The van der Waals surface area contributed by atoms with Crippen LogP contribution in [0.1, 0.15) is 24.5 Å². The number of hydrogen-bond acceptors (Lipinski definition) is 4. The molecular weight excluding hydrogens is 238 g/mol. The molecule has 4 nitrogen and oxygen atoms in total. The van der Waals surface area contributed by atoms with E-state index in [2.05, 4.69) is 16.4 Å². The number of rotatable bonds is 3. The molecule has 0 aliphatic carbocycles. The topological polar surface area (TPSA) is 60.2 Å². The monoisotopic (exact) mass is 257 g/mol. The number of ether oxygens (including phenoxy) is 1. The summed E-state index contributed by atoms with van der Waals surface area (Å²) in [4.78, 5) is 4.57. The fourth-order valence-corrected chi connectivity index (χ4v) is 2.65. The third-order valence-electron chi connectivity index (χ3n) is 3.53. The van der Waals surface area contributed by atoms with Gasteiger partial charge < -0.3 is 15.8 Å².